The monoisotopic (exact) mass is 860 g/mol. The molecule has 1 saturated carbocycles. The highest BCUT2D eigenvalue weighted by Gasteiger charge is 2.03. The summed E-state index contributed by atoms with van der Waals surface area (Å²) in [6.07, 6.45) is 32.1. The Bertz CT molecular complexity index is 903. The molecule has 0 unspecified atom stereocenters. The number of hydrogen-bond donors (Lipinski definition) is 2. The first kappa shape index (κ1) is 73.3. The van der Waals surface area contributed by atoms with Crippen LogP contribution < -0.4 is 10.6 Å². The molecule has 4 aromatic rings. The molecule has 60 heavy (non-hydrogen) atoms. The Hall–Kier alpha value is -4.24. The van der Waals surface area contributed by atoms with Crippen LogP contribution in [0.4, 0.5) is 4.79 Å². The number of amides is 2. The lowest BCUT2D eigenvalue weighted by atomic mass is 10.0. The molecule has 4 aliphatic rings. The van der Waals surface area contributed by atoms with Crippen LogP contribution in [0.5, 0.6) is 0 Å². The van der Waals surface area contributed by atoms with Crippen molar-refractivity contribution in [1.82, 2.24) is 25.6 Å². The molecule has 2 N–H and O–H groups in total. The van der Waals surface area contributed by atoms with Crippen LogP contribution in [-0.4, -0.2) is 40.7 Å². The predicted molar refractivity (Wildman–Crippen MR) is 272 cm³/mol. The third kappa shape index (κ3) is 90.1. The fourth-order valence-corrected chi connectivity index (χ4v) is 3.80. The fourth-order valence-electron chi connectivity index (χ4n) is 3.45. The molecule has 9 heteroatoms. The average Bonchev–Trinajstić information content (AvgIpc) is 4.25. The molecule has 2 aliphatic carbocycles. The molecule has 2 aliphatic heterocycles. The molecule has 8 nitrogen and oxygen atoms in total. The Balaban J connectivity index is -0.0000000820. The van der Waals surface area contributed by atoms with Gasteiger partial charge in [0.25, 0.3) is 0 Å². The first-order valence-electron chi connectivity index (χ1n) is 23.3. The topological polar surface area (TPSA) is 102 Å². The van der Waals surface area contributed by atoms with Crippen molar-refractivity contribution in [3.05, 3.63) is 127 Å². The van der Waals surface area contributed by atoms with Gasteiger partial charge in [-0.05, 0) is 37.5 Å². The van der Waals surface area contributed by atoms with Gasteiger partial charge in [0.05, 0.1) is 24.6 Å². The molecular weight excluding hydrogens is 763 g/mol. The minimum absolute atomic E-state index is 0.0463. The summed E-state index contributed by atoms with van der Waals surface area (Å²) in [6, 6.07) is 17.7. The van der Waals surface area contributed by atoms with Crippen LogP contribution in [0.2, 0.25) is 0 Å². The van der Waals surface area contributed by atoms with E-state index in [1.165, 1.54) is 70.4 Å². The van der Waals surface area contributed by atoms with E-state index in [0.29, 0.717) is 0 Å². The minimum Gasteiger partial charge on any atom is -0.501 e. The van der Waals surface area contributed by atoms with E-state index in [-0.39, 0.29) is 6.03 Å². The Morgan fingerprint density at radius 1 is 0.483 bits per heavy atom. The summed E-state index contributed by atoms with van der Waals surface area (Å²) in [5.41, 5.74) is 1.79. The predicted octanol–water partition coefficient (Wildman–Crippen LogP) is 17.1. The van der Waals surface area contributed by atoms with E-state index in [1.54, 1.807) is 47.9 Å². The van der Waals surface area contributed by atoms with Gasteiger partial charge >= 0.3 is 6.03 Å². The molecular formula is C51H97N5O3S. The van der Waals surface area contributed by atoms with E-state index >= 15 is 0 Å². The highest BCUT2D eigenvalue weighted by atomic mass is 32.1. The number of aromatic nitrogens is 3. The molecule has 350 valence electrons. The van der Waals surface area contributed by atoms with Crippen molar-refractivity contribution in [2.45, 2.75) is 175 Å². The maximum atomic E-state index is 10.0. The fraction of sp³-hybridized carbons (Fsp3) is 0.569. The zero-order chi connectivity index (χ0) is 47.3. The van der Waals surface area contributed by atoms with Crippen molar-refractivity contribution in [2.75, 3.05) is 19.7 Å². The maximum absolute atomic E-state index is 10.0. The average molecular weight is 860 g/mol. The van der Waals surface area contributed by atoms with Crippen molar-refractivity contribution in [2.24, 2.45) is 0 Å². The Kier molecular flexibility index (Phi) is 116. The Morgan fingerprint density at radius 2 is 0.917 bits per heavy atom. The first-order valence-corrected chi connectivity index (χ1v) is 24.3. The second kappa shape index (κ2) is 95.3. The molecule has 0 spiro atoms. The number of rotatable bonds is 0. The van der Waals surface area contributed by atoms with Gasteiger partial charge in [0, 0.05) is 43.5 Å². The number of allylic oxidation sites excluding steroid dienone is 2. The number of hydrogen-bond acceptors (Lipinski definition) is 7. The van der Waals surface area contributed by atoms with Gasteiger partial charge in [-0.1, -0.05) is 204 Å². The van der Waals surface area contributed by atoms with Crippen LogP contribution in [0.15, 0.2) is 132 Å². The number of urea groups is 1. The number of ether oxygens (including phenoxy) is 1. The van der Waals surface area contributed by atoms with Crippen LogP contribution >= 0.6 is 11.3 Å². The van der Waals surface area contributed by atoms with Gasteiger partial charge in [0.15, 0.2) is 6.39 Å². The lowest BCUT2D eigenvalue weighted by molar-refractivity contribution is 0.248. The molecule has 0 bridgehead atoms. The van der Waals surface area contributed by atoms with E-state index in [4.69, 9.17) is 4.74 Å². The van der Waals surface area contributed by atoms with Crippen LogP contribution in [0, 0.1) is 0 Å². The van der Waals surface area contributed by atoms with E-state index in [1.807, 2.05) is 177 Å². The number of pyridine rings is 1. The molecule has 1 saturated heterocycles. The van der Waals surface area contributed by atoms with Gasteiger partial charge in [-0.15, -0.1) is 11.3 Å². The van der Waals surface area contributed by atoms with Gasteiger partial charge in [0.1, 0.15) is 6.26 Å². The highest BCUT2D eigenvalue weighted by molar-refractivity contribution is 7.07. The SMILES string of the molecule is C1=CCCC1.C1=COCC1.C1CCCCC1.CC.CC.CC.CC.CC.CC.CC.CC.O=C1NCCN1.c1ccccc1.c1ccncc1.c1cocn1.c1cscn1. The van der Waals surface area contributed by atoms with Crippen molar-refractivity contribution < 1.29 is 13.9 Å². The number of nitrogens with one attached hydrogen (secondary N) is 2. The van der Waals surface area contributed by atoms with Crippen LogP contribution in [0.1, 0.15) is 175 Å². The number of nitrogens with zero attached hydrogens (tertiary/aromatic N) is 3. The van der Waals surface area contributed by atoms with E-state index in [2.05, 4.69) is 42.2 Å². The second-order valence-electron chi connectivity index (χ2n) is 9.27. The second-order valence-corrected chi connectivity index (χ2v) is 10.0. The maximum Gasteiger partial charge on any atom is 0.314 e. The number of benzene rings is 1. The largest absolute Gasteiger partial charge is 0.501 e. The van der Waals surface area contributed by atoms with Gasteiger partial charge in [-0.3, -0.25) is 9.97 Å². The number of carbonyl (C=O) groups excluding carboxylic acids is 1. The zero-order valence-electron chi connectivity index (χ0n) is 41.8. The van der Waals surface area contributed by atoms with Crippen molar-refractivity contribution in [3.8, 4) is 0 Å². The summed E-state index contributed by atoms with van der Waals surface area (Å²) in [6.45, 7) is 34.4. The van der Waals surface area contributed by atoms with E-state index < -0.39 is 0 Å². The number of carbonyl (C=O) groups is 1. The highest BCUT2D eigenvalue weighted by Crippen LogP contribution is 2.15. The lowest BCUT2D eigenvalue weighted by Crippen LogP contribution is -2.20. The molecule has 5 heterocycles. The summed E-state index contributed by atoms with van der Waals surface area (Å²) in [5.74, 6) is 0. The normalized spacial score (nSPS) is 11.4. The van der Waals surface area contributed by atoms with Gasteiger partial charge in [-0.25, -0.2) is 9.78 Å². The third-order valence-electron chi connectivity index (χ3n) is 5.63. The summed E-state index contributed by atoms with van der Waals surface area (Å²) in [5, 5.41) is 7.07. The van der Waals surface area contributed by atoms with Crippen molar-refractivity contribution in [1.29, 1.82) is 0 Å². The molecule has 0 radical (unpaired) electrons. The minimum atomic E-state index is -0.0463. The quantitative estimate of drug-likeness (QED) is 0.171. The lowest BCUT2D eigenvalue weighted by Gasteiger charge is -2.05. The standard InChI is InChI=1S/C6H12.C6H6.C5H5N.C5H8.C4H6O.C3H6N2O.C3H3NO.C3H3NS.8C2H6/c3*1-2-4-6-5-3-1;2*1-2-4-5-3-1;6-3-4-1-2-5-3;2*1-2-5-3-4-1;8*1-2/h1-6H2;1-6H;1-5H;1-2H,3-5H2;1,3H,2,4H2;1-2H2,(H2,4,5,6);2*1-3H;8*1-2H3. The van der Waals surface area contributed by atoms with Gasteiger partial charge in [0.2, 0.25) is 0 Å². The van der Waals surface area contributed by atoms with Gasteiger partial charge in [-0.2, -0.15) is 0 Å². The van der Waals surface area contributed by atoms with E-state index in [9.17, 15) is 4.79 Å². The summed E-state index contributed by atoms with van der Waals surface area (Å²) in [4.78, 5) is 21.1. The molecule has 3 aromatic heterocycles. The van der Waals surface area contributed by atoms with Crippen LogP contribution in [0.3, 0.4) is 0 Å². The smallest absolute Gasteiger partial charge is 0.314 e. The Labute approximate surface area is 377 Å². The Morgan fingerprint density at radius 3 is 1.05 bits per heavy atom. The van der Waals surface area contributed by atoms with E-state index in [0.717, 1.165) is 26.1 Å². The van der Waals surface area contributed by atoms with Gasteiger partial charge < -0.3 is 19.8 Å². The van der Waals surface area contributed by atoms with Crippen LogP contribution in [0.25, 0.3) is 0 Å². The molecule has 1 aromatic carbocycles. The summed E-state index contributed by atoms with van der Waals surface area (Å²) < 4.78 is 9.24. The molecule has 2 fully saturated rings. The molecule has 8 rings (SSSR count). The first-order chi connectivity index (χ1) is 29.9. The zero-order valence-corrected chi connectivity index (χ0v) is 42.6. The number of thiazole rings is 1. The van der Waals surface area contributed by atoms with Crippen molar-refractivity contribution in [3.63, 3.8) is 0 Å². The van der Waals surface area contributed by atoms with Crippen molar-refractivity contribution >= 4 is 17.4 Å². The van der Waals surface area contributed by atoms with Crippen LogP contribution in [-0.2, 0) is 4.74 Å². The molecule has 0 atom stereocenters. The third-order valence-corrected chi connectivity index (χ3v) is 6.15. The molecule has 2 amide bonds. The summed E-state index contributed by atoms with van der Waals surface area (Å²) in [7, 11) is 0. The number of oxazole rings is 1. The summed E-state index contributed by atoms with van der Waals surface area (Å²) >= 11 is 1.60.